The minimum atomic E-state index is -0.765. The first kappa shape index (κ1) is 26.7. The smallest absolute Gasteiger partial charge is 0.0436 e. The third kappa shape index (κ3) is 5.85. The van der Waals surface area contributed by atoms with Crippen LogP contribution in [-0.4, -0.2) is 82.0 Å². The van der Waals surface area contributed by atoms with Crippen molar-refractivity contribution in [2.45, 2.75) is 64.7 Å². The van der Waals surface area contributed by atoms with Crippen molar-refractivity contribution < 1.29 is 35.7 Å². The summed E-state index contributed by atoms with van der Waals surface area (Å²) in [5.41, 5.74) is -2.11. The molecule has 0 rings (SSSR count). The molecule has 164 valence electrons. The summed E-state index contributed by atoms with van der Waals surface area (Å²) >= 11 is 0. The quantitative estimate of drug-likeness (QED) is 0.179. The van der Waals surface area contributed by atoms with E-state index in [0.29, 0.717) is 51.4 Å². The maximum absolute atomic E-state index is 9.97. The molecule has 0 aliphatic heterocycles. The monoisotopic (exact) mass is 394 g/mol. The van der Waals surface area contributed by atoms with Gasteiger partial charge in [-0.25, -0.2) is 0 Å². The Kier molecular flexibility index (Phi) is 13.7. The molecule has 0 heterocycles. The molecular formula is C20H42O7. The predicted molar refractivity (Wildman–Crippen MR) is 104 cm³/mol. The molecule has 7 heteroatoms. The first-order valence-electron chi connectivity index (χ1n) is 10.2. The molecule has 0 unspecified atom stereocenters. The largest absolute Gasteiger partial charge is 0.396 e. The van der Waals surface area contributed by atoms with E-state index in [1.807, 2.05) is 6.92 Å². The third-order valence-corrected chi connectivity index (χ3v) is 6.79. The van der Waals surface area contributed by atoms with Crippen molar-refractivity contribution in [2.75, 3.05) is 46.2 Å². The second-order valence-electron chi connectivity index (χ2n) is 7.71. The molecule has 7 nitrogen and oxygen atoms in total. The van der Waals surface area contributed by atoms with Gasteiger partial charge in [0.25, 0.3) is 0 Å². The lowest BCUT2D eigenvalue weighted by atomic mass is 9.43. The van der Waals surface area contributed by atoms with Crippen LogP contribution in [0.3, 0.4) is 0 Å². The Morgan fingerprint density at radius 1 is 0.407 bits per heavy atom. The SMILES string of the molecule is CCCC(CCO)(CCO)C(CCO)(CCO)C(CCO)(CCO)CCO. The van der Waals surface area contributed by atoms with Crippen LogP contribution in [0.2, 0.25) is 0 Å². The van der Waals surface area contributed by atoms with Gasteiger partial charge >= 0.3 is 0 Å². The van der Waals surface area contributed by atoms with E-state index in [1.165, 1.54) is 0 Å². The van der Waals surface area contributed by atoms with E-state index in [-0.39, 0.29) is 46.2 Å². The Morgan fingerprint density at radius 3 is 0.889 bits per heavy atom. The van der Waals surface area contributed by atoms with Gasteiger partial charge < -0.3 is 35.7 Å². The zero-order valence-corrected chi connectivity index (χ0v) is 16.9. The van der Waals surface area contributed by atoms with Gasteiger partial charge in [0, 0.05) is 46.2 Å². The first-order valence-corrected chi connectivity index (χ1v) is 10.2. The summed E-state index contributed by atoms with van der Waals surface area (Å²) < 4.78 is 0. The molecule has 0 spiro atoms. The molecule has 27 heavy (non-hydrogen) atoms. The third-order valence-electron chi connectivity index (χ3n) is 6.79. The van der Waals surface area contributed by atoms with Gasteiger partial charge in [-0.3, -0.25) is 0 Å². The van der Waals surface area contributed by atoms with E-state index in [1.54, 1.807) is 0 Å². The number of rotatable bonds is 18. The molecule has 0 aliphatic rings. The molecule has 0 aromatic rings. The molecule has 0 aliphatic carbocycles. The van der Waals surface area contributed by atoms with E-state index < -0.39 is 16.2 Å². The van der Waals surface area contributed by atoms with Gasteiger partial charge in [-0.15, -0.1) is 0 Å². The number of aliphatic hydroxyl groups is 7. The molecule has 0 aromatic carbocycles. The highest BCUT2D eigenvalue weighted by molar-refractivity contribution is 5.08. The summed E-state index contributed by atoms with van der Waals surface area (Å²) in [5, 5.41) is 69.1. The van der Waals surface area contributed by atoms with Crippen LogP contribution in [-0.2, 0) is 0 Å². The van der Waals surface area contributed by atoms with Crippen LogP contribution in [0.15, 0.2) is 0 Å². The zero-order chi connectivity index (χ0) is 20.8. The molecule has 0 amide bonds. The highest BCUT2D eigenvalue weighted by Gasteiger charge is 2.59. The highest BCUT2D eigenvalue weighted by atomic mass is 16.3. The molecule has 0 fully saturated rings. The summed E-state index contributed by atoms with van der Waals surface area (Å²) in [5.74, 6) is 0. The van der Waals surface area contributed by atoms with Gasteiger partial charge in [-0.05, 0) is 67.6 Å². The second-order valence-corrected chi connectivity index (χ2v) is 7.71. The molecule has 0 radical (unpaired) electrons. The minimum absolute atomic E-state index is 0.105. The fourth-order valence-corrected chi connectivity index (χ4v) is 5.86. The Bertz CT molecular complexity index is 294. The first-order chi connectivity index (χ1) is 13.0. The van der Waals surface area contributed by atoms with Crippen molar-refractivity contribution in [3.05, 3.63) is 0 Å². The summed E-state index contributed by atoms with van der Waals surface area (Å²) in [6.07, 6.45) is 3.71. The van der Waals surface area contributed by atoms with Crippen molar-refractivity contribution in [1.82, 2.24) is 0 Å². The summed E-state index contributed by atoms with van der Waals surface area (Å²) in [4.78, 5) is 0. The van der Waals surface area contributed by atoms with Crippen LogP contribution in [0.5, 0.6) is 0 Å². The van der Waals surface area contributed by atoms with Gasteiger partial charge in [0.05, 0.1) is 0 Å². The lowest BCUT2D eigenvalue weighted by Crippen LogP contribution is -2.57. The maximum Gasteiger partial charge on any atom is 0.0436 e. The fourth-order valence-electron chi connectivity index (χ4n) is 5.86. The van der Waals surface area contributed by atoms with Crippen molar-refractivity contribution in [3.8, 4) is 0 Å². The average Bonchev–Trinajstić information content (AvgIpc) is 2.62. The predicted octanol–water partition coefficient (Wildman–Crippen LogP) is 0.422. The minimum Gasteiger partial charge on any atom is -0.396 e. The molecule has 0 bridgehead atoms. The average molecular weight is 395 g/mol. The van der Waals surface area contributed by atoms with E-state index in [2.05, 4.69) is 0 Å². The van der Waals surface area contributed by atoms with Crippen molar-refractivity contribution >= 4 is 0 Å². The number of hydrogen-bond donors (Lipinski definition) is 7. The van der Waals surface area contributed by atoms with Crippen molar-refractivity contribution in [3.63, 3.8) is 0 Å². The number of aliphatic hydroxyl groups excluding tert-OH is 7. The standard InChI is InChI=1S/C20H42O7/c1-2-3-18(4-11-21,5-12-22)20(9-16-26,10-17-27)19(6-13-23,7-14-24)8-15-25/h21-27H,2-17H2,1H3. The van der Waals surface area contributed by atoms with E-state index in [0.717, 1.165) is 6.42 Å². The molecule has 0 saturated heterocycles. The fraction of sp³-hybridized carbons (Fsp3) is 1.00. The van der Waals surface area contributed by atoms with Crippen LogP contribution in [0.1, 0.15) is 64.7 Å². The van der Waals surface area contributed by atoms with Crippen LogP contribution in [0.4, 0.5) is 0 Å². The molecule has 7 N–H and O–H groups in total. The van der Waals surface area contributed by atoms with Crippen LogP contribution >= 0.6 is 0 Å². The van der Waals surface area contributed by atoms with Gasteiger partial charge in [-0.2, -0.15) is 0 Å². The maximum atomic E-state index is 9.97. The topological polar surface area (TPSA) is 142 Å². The Labute approximate surface area is 163 Å². The van der Waals surface area contributed by atoms with E-state index in [4.69, 9.17) is 0 Å². The summed E-state index contributed by atoms with van der Waals surface area (Å²) in [7, 11) is 0. The van der Waals surface area contributed by atoms with Gasteiger partial charge in [0.15, 0.2) is 0 Å². The zero-order valence-electron chi connectivity index (χ0n) is 16.9. The van der Waals surface area contributed by atoms with Crippen LogP contribution in [0, 0.1) is 16.2 Å². The van der Waals surface area contributed by atoms with E-state index in [9.17, 15) is 35.7 Å². The van der Waals surface area contributed by atoms with Gasteiger partial charge in [0.1, 0.15) is 0 Å². The van der Waals surface area contributed by atoms with Crippen molar-refractivity contribution in [1.29, 1.82) is 0 Å². The number of hydrogen-bond acceptors (Lipinski definition) is 7. The molecular weight excluding hydrogens is 352 g/mol. The Morgan fingerprint density at radius 2 is 0.667 bits per heavy atom. The molecule has 0 atom stereocenters. The lowest BCUT2D eigenvalue weighted by molar-refractivity contribution is -0.161. The molecule has 0 aromatic heterocycles. The summed E-state index contributed by atoms with van der Waals surface area (Å²) in [6, 6.07) is 0. The lowest BCUT2D eigenvalue weighted by Gasteiger charge is -2.62. The summed E-state index contributed by atoms with van der Waals surface area (Å²) in [6.45, 7) is 1.02. The van der Waals surface area contributed by atoms with Gasteiger partial charge in [0.2, 0.25) is 0 Å². The van der Waals surface area contributed by atoms with Crippen LogP contribution < -0.4 is 0 Å². The second kappa shape index (κ2) is 13.8. The van der Waals surface area contributed by atoms with Crippen LogP contribution in [0.25, 0.3) is 0 Å². The molecule has 0 saturated carbocycles. The van der Waals surface area contributed by atoms with E-state index >= 15 is 0 Å². The normalized spacial score (nSPS) is 13.3. The van der Waals surface area contributed by atoms with Gasteiger partial charge in [-0.1, -0.05) is 13.3 Å². The Balaban J connectivity index is 6.83. The highest BCUT2D eigenvalue weighted by Crippen LogP contribution is 2.65. The Hall–Kier alpha value is -0.280. The van der Waals surface area contributed by atoms with Crippen molar-refractivity contribution in [2.24, 2.45) is 16.2 Å².